The Labute approximate surface area is 255 Å². The van der Waals surface area contributed by atoms with Crippen LogP contribution in [0.1, 0.15) is 44.1 Å². The molecule has 0 radical (unpaired) electrons. The number of fused-ring (bicyclic) bond motifs is 2. The van der Waals surface area contributed by atoms with E-state index < -0.39 is 13.7 Å². The van der Waals surface area contributed by atoms with E-state index in [2.05, 4.69) is 19.6 Å². The molecule has 2 aliphatic rings. The van der Waals surface area contributed by atoms with Crippen molar-refractivity contribution in [2.24, 2.45) is 0 Å². The van der Waals surface area contributed by atoms with E-state index in [1.165, 1.54) is 0 Å². The fourth-order valence-electron chi connectivity index (χ4n) is 5.57. The van der Waals surface area contributed by atoms with Gasteiger partial charge in [-0.05, 0) is 70.0 Å². The third-order valence-corrected chi connectivity index (χ3v) is 9.47. The molecule has 2 unspecified atom stereocenters. The van der Waals surface area contributed by atoms with Crippen molar-refractivity contribution < 1.29 is 23.8 Å². The fraction of sp³-hybridized carbons (Fsp3) is 0.485. The lowest BCUT2D eigenvalue weighted by Gasteiger charge is -2.32. The Kier molecular flexibility index (Phi) is 8.98. The molecule has 2 aromatic carbocycles. The minimum absolute atomic E-state index is 0.0749. The van der Waals surface area contributed by atoms with Gasteiger partial charge in [0.25, 0.3) is 5.91 Å². The zero-order valence-corrected chi connectivity index (χ0v) is 27.2. The van der Waals surface area contributed by atoms with Gasteiger partial charge in [0, 0.05) is 39.4 Å². The standard InChI is InChI=1S/C33H44N4O5Si/c1-33(2,3)42-32(39)36-22-25-20-24(36)16-17-35(25)31(38)28-21-29(37(34-28)23-40-18-19-43(4,5)6)27-14-10-11-15-30(27)41-26-12-8-7-9-13-26/h7-15,21,24-25H,16-20,22-23H2,1-6H3. The summed E-state index contributed by atoms with van der Waals surface area (Å²) in [7, 11) is -1.27. The molecule has 2 atom stereocenters. The number of aromatic nitrogens is 2. The van der Waals surface area contributed by atoms with Crippen molar-refractivity contribution in [2.75, 3.05) is 19.7 Å². The quantitative estimate of drug-likeness (QED) is 0.196. The monoisotopic (exact) mass is 604 g/mol. The molecule has 3 aromatic rings. The number of para-hydroxylation sites is 2. The lowest BCUT2D eigenvalue weighted by atomic mass is 10.0. The van der Waals surface area contributed by atoms with Gasteiger partial charge >= 0.3 is 6.09 Å². The molecule has 2 fully saturated rings. The van der Waals surface area contributed by atoms with Crippen molar-refractivity contribution in [1.29, 1.82) is 0 Å². The van der Waals surface area contributed by atoms with Crippen LogP contribution in [0.5, 0.6) is 11.5 Å². The van der Waals surface area contributed by atoms with Crippen LogP contribution in [0.25, 0.3) is 11.3 Å². The van der Waals surface area contributed by atoms with E-state index in [9.17, 15) is 9.59 Å². The summed E-state index contributed by atoms with van der Waals surface area (Å²) in [6.45, 7) is 14.5. The van der Waals surface area contributed by atoms with Crippen molar-refractivity contribution in [1.82, 2.24) is 19.6 Å². The van der Waals surface area contributed by atoms with Gasteiger partial charge in [-0.25, -0.2) is 9.48 Å². The predicted octanol–water partition coefficient (Wildman–Crippen LogP) is 6.88. The van der Waals surface area contributed by atoms with Crippen LogP contribution < -0.4 is 4.74 Å². The molecule has 0 N–H and O–H groups in total. The number of amides is 2. The number of ether oxygens (including phenoxy) is 3. The third kappa shape index (κ3) is 7.66. The second-order valence-corrected chi connectivity index (χ2v) is 19.3. The summed E-state index contributed by atoms with van der Waals surface area (Å²) in [6.07, 6.45) is 1.14. The van der Waals surface area contributed by atoms with E-state index in [4.69, 9.17) is 19.3 Å². The first-order valence-electron chi connectivity index (χ1n) is 15.2. The average molecular weight is 605 g/mol. The van der Waals surface area contributed by atoms with Crippen LogP contribution in [0.4, 0.5) is 4.79 Å². The van der Waals surface area contributed by atoms with E-state index in [1.807, 2.05) is 86.3 Å². The zero-order valence-electron chi connectivity index (χ0n) is 26.2. The van der Waals surface area contributed by atoms with Crippen LogP contribution in [-0.2, 0) is 16.2 Å². The Balaban J connectivity index is 1.40. The molecule has 230 valence electrons. The highest BCUT2D eigenvalue weighted by Gasteiger charge is 2.45. The molecule has 2 bridgehead atoms. The van der Waals surface area contributed by atoms with Gasteiger partial charge in [0.15, 0.2) is 5.69 Å². The van der Waals surface area contributed by atoms with Gasteiger partial charge in [-0.2, -0.15) is 5.10 Å². The van der Waals surface area contributed by atoms with Gasteiger partial charge in [-0.3, -0.25) is 4.79 Å². The summed E-state index contributed by atoms with van der Waals surface area (Å²) >= 11 is 0. The maximum Gasteiger partial charge on any atom is 0.410 e. The maximum absolute atomic E-state index is 14.0. The number of carbonyl (C=O) groups excluding carboxylic acids is 2. The smallest absolute Gasteiger partial charge is 0.410 e. The minimum atomic E-state index is -1.27. The molecule has 3 heterocycles. The summed E-state index contributed by atoms with van der Waals surface area (Å²) in [5.41, 5.74) is 1.36. The number of nitrogens with zero attached hydrogens (tertiary/aromatic N) is 4. The molecule has 10 heteroatoms. The predicted molar refractivity (Wildman–Crippen MR) is 169 cm³/mol. The van der Waals surface area contributed by atoms with Crippen LogP contribution >= 0.6 is 0 Å². The molecule has 5 rings (SSSR count). The van der Waals surface area contributed by atoms with Crippen LogP contribution in [0.2, 0.25) is 25.7 Å². The molecule has 1 aromatic heterocycles. The Morgan fingerprint density at radius 2 is 1.70 bits per heavy atom. The number of hydrogen-bond acceptors (Lipinski definition) is 6. The number of hydrogen-bond donors (Lipinski definition) is 0. The molecular formula is C33H44N4O5Si. The number of rotatable bonds is 9. The molecule has 0 spiro atoms. The van der Waals surface area contributed by atoms with E-state index in [0.29, 0.717) is 37.6 Å². The molecule has 2 saturated heterocycles. The third-order valence-electron chi connectivity index (χ3n) is 7.77. The Bertz CT molecular complexity index is 1430. The SMILES string of the molecule is CC(C)(C)OC(=O)N1CC2CC1CCN2C(=O)c1cc(-c2ccccc2Oc2ccccc2)n(COCC[Si](C)(C)C)n1. The highest BCUT2D eigenvalue weighted by atomic mass is 28.3. The fourth-order valence-corrected chi connectivity index (χ4v) is 6.33. The van der Waals surface area contributed by atoms with Crippen molar-refractivity contribution in [3.05, 3.63) is 66.4 Å². The average Bonchev–Trinajstić information content (AvgIpc) is 3.51. The van der Waals surface area contributed by atoms with E-state index in [-0.39, 0.29) is 30.8 Å². The van der Waals surface area contributed by atoms with Crippen LogP contribution in [0.15, 0.2) is 60.7 Å². The molecular weight excluding hydrogens is 560 g/mol. The largest absolute Gasteiger partial charge is 0.457 e. The van der Waals surface area contributed by atoms with Gasteiger partial charge in [0.2, 0.25) is 0 Å². The molecule has 0 saturated carbocycles. The Hall–Kier alpha value is -3.63. The lowest BCUT2D eigenvalue weighted by molar-refractivity contribution is 0.0226. The summed E-state index contributed by atoms with van der Waals surface area (Å²) in [5.74, 6) is 1.25. The zero-order chi connectivity index (χ0) is 30.8. The topological polar surface area (TPSA) is 86.1 Å². The first-order valence-corrected chi connectivity index (χ1v) is 18.9. The normalized spacial score (nSPS) is 18.6. The highest BCUT2D eigenvalue weighted by molar-refractivity contribution is 6.76. The molecule has 9 nitrogen and oxygen atoms in total. The summed E-state index contributed by atoms with van der Waals surface area (Å²) in [4.78, 5) is 30.5. The lowest BCUT2D eigenvalue weighted by Crippen LogP contribution is -2.44. The number of likely N-dealkylation sites (tertiary alicyclic amines) is 2. The molecule has 0 aliphatic carbocycles. The van der Waals surface area contributed by atoms with Gasteiger partial charge in [-0.15, -0.1) is 0 Å². The molecule has 2 amide bonds. The second-order valence-electron chi connectivity index (χ2n) is 13.6. The van der Waals surface area contributed by atoms with Gasteiger partial charge in [0.05, 0.1) is 11.7 Å². The highest BCUT2D eigenvalue weighted by Crippen LogP contribution is 2.36. The van der Waals surface area contributed by atoms with E-state index in [1.54, 1.807) is 9.58 Å². The first kappa shape index (κ1) is 30.8. The summed E-state index contributed by atoms with van der Waals surface area (Å²) < 4.78 is 19.8. The van der Waals surface area contributed by atoms with Crippen molar-refractivity contribution in [3.63, 3.8) is 0 Å². The minimum Gasteiger partial charge on any atom is -0.457 e. The maximum atomic E-state index is 14.0. The molecule has 43 heavy (non-hydrogen) atoms. The number of piperidine rings is 1. The van der Waals surface area contributed by atoms with Gasteiger partial charge in [0.1, 0.15) is 23.8 Å². The second kappa shape index (κ2) is 12.5. The van der Waals surface area contributed by atoms with Gasteiger partial charge in [-0.1, -0.05) is 50.0 Å². The van der Waals surface area contributed by atoms with E-state index >= 15 is 0 Å². The van der Waals surface area contributed by atoms with Gasteiger partial charge < -0.3 is 24.0 Å². The Morgan fingerprint density at radius 3 is 2.42 bits per heavy atom. The van der Waals surface area contributed by atoms with Crippen molar-refractivity contribution in [3.8, 4) is 22.8 Å². The number of benzene rings is 2. The van der Waals surface area contributed by atoms with Crippen molar-refractivity contribution >= 4 is 20.1 Å². The summed E-state index contributed by atoms with van der Waals surface area (Å²) in [5, 5.41) is 4.78. The van der Waals surface area contributed by atoms with Crippen LogP contribution in [-0.4, -0.2) is 77.0 Å². The van der Waals surface area contributed by atoms with E-state index in [0.717, 1.165) is 29.5 Å². The van der Waals surface area contributed by atoms with Crippen LogP contribution in [0.3, 0.4) is 0 Å². The Morgan fingerprint density at radius 1 is 0.977 bits per heavy atom. The first-order chi connectivity index (χ1) is 20.4. The molecule has 2 aliphatic heterocycles. The number of carbonyl (C=O) groups is 2. The van der Waals surface area contributed by atoms with Crippen LogP contribution in [0, 0.1) is 0 Å². The summed E-state index contributed by atoms with van der Waals surface area (Å²) in [6, 6.07) is 20.3. The van der Waals surface area contributed by atoms with Crippen molar-refractivity contribution in [2.45, 2.75) is 83.7 Å².